The molecule has 0 N–H and O–H groups in total. The predicted molar refractivity (Wildman–Crippen MR) is 261 cm³/mol. The van der Waals surface area contributed by atoms with E-state index in [1.807, 2.05) is 0 Å². The van der Waals surface area contributed by atoms with E-state index in [0.717, 1.165) is 57.3 Å². The molecule has 1 aromatic heterocycles. The lowest BCUT2D eigenvalue weighted by Crippen LogP contribution is -2.52. The van der Waals surface area contributed by atoms with Gasteiger partial charge < -0.3 is 14.2 Å². The van der Waals surface area contributed by atoms with E-state index in [1.54, 1.807) is 11.1 Å². The molecule has 326 valence electrons. The fraction of sp³-hybridized carbons (Fsp3) is 0.500. The van der Waals surface area contributed by atoms with Crippen LogP contribution in [0.5, 0.6) is 0 Å². The summed E-state index contributed by atoms with van der Waals surface area (Å²) in [6, 6.07) is 1.02. The third-order valence-electron chi connectivity index (χ3n) is 18.5. The number of nitrogens with zero attached hydrogens (tertiary/aromatic N) is 2. The Bertz CT molecular complexity index is 2520. The third kappa shape index (κ3) is 6.16. The summed E-state index contributed by atoms with van der Waals surface area (Å²) in [7, 11) is 0. The first-order valence-electron chi connectivity index (χ1n) is 25.3. The predicted octanol–water partition coefficient (Wildman–Crippen LogP) is 14.5. The summed E-state index contributed by atoms with van der Waals surface area (Å²) in [6.07, 6.45) is 58.9. The number of hydrogen-bond donors (Lipinski definition) is 0. The van der Waals surface area contributed by atoms with E-state index >= 15 is 0 Å². The molecule has 0 aromatic carbocycles. The Kier molecular flexibility index (Phi) is 9.55. The summed E-state index contributed by atoms with van der Waals surface area (Å²) in [5.41, 5.74) is 15.2. The zero-order chi connectivity index (χ0) is 42.8. The maximum atomic E-state index is 7.17. The van der Waals surface area contributed by atoms with Gasteiger partial charge in [0.25, 0.3) is 0 Å². The van der Waals surface area contributed by atoms with Crippen LogP contribution in [0.2, 0.25) is 0 Å². The maximum Gasteiger partial charge on any atom is 0.114 e. The van der Waals surface area contributed by atoms with Gasteiger partial charge >= 0.3 is 0 Å². The fourth-order valence-corrected chi connectivity index (χ4v) is 15.7. The van der Waals surface area contributed by atoms with Crippen LogP contribution < -0.4 is 0 Å². The summed E-state index contributed by atoms with van der Waals surface area (Å²) in [4.78, 5) is 5.73. The van der Waals surface area contributed by atoms with Gasteiger partial charge in [-0.2, -0.15) is 0 Å². The first kappa shape index (κ1) is 40.0. The highest BCUT2D eigenvalue weighted by atomic mass is 16.3. The molecule has 0 aliphatic heterocycles. The quantitative estimate of drug-likeness (QED) is 0.266. The zero-order valence-corrected chi connectivity index (χ0v) is 39.0. The van der Waals surface area contributed by atoms with Gasteiger partial charge in [0, 0.05) is 65.0 Å². The molecule has 12 rings (SSSR count). The molecule has 10 atom stereocenters. The third-order valence-corrected chi connectivity index (χ3v) is 18.5. The van der Waals surface area contributed by atoms with Crippen molar-refractivity contribution in [2.75, 3.05) is 0 Å². The van der Waals surface area contributed by atoms with Crippen molar-refractivity contribution in [1.82, 2.24) is 9.80 Å². The molecule has 0 saturated heterocycles. The Balaban J connectivity index is 0.849. The topological polar surface area (TPSA) is 19.6 Å². The van der Waals surface area contributed by atoms with E-state index in [4.69, 9.17) is 4.42 Å². The molecule has 0 spiro atoms. The van der Waals surface area contributed by atoms with Crippen LogP contribution in [-0.2, 0) is 12.8 Å². The number of hydrogen-bond acceptors (Lipinski definition) is 3. The van der Waals surface area contributed by atoms with Crippen LogP contribution in [0.1, 0.15) is 128 Å². The molecule has 0 bridgehead atoms. The molecule has 0 amide bonds. The van der Waals surface area contributed by atoms with Crippen molar-refractivity contribution >= 4 is 12.2 Å². The van der Waals surface area contributed by atoms with E-state index < -0.39 is 0 Å². The van der Waals surface area contributed by atoms with Crippen molar-refractivity contribution in [3.8, 4) is 0 Å². The van der Waals surface area contributed by atoms with Crippen molar-refractivity contribution in [2.24, 2.45) is 52.3 Å². The van der Waals surface area contributed by atoms with Crippen LogP contribution in [0.3, 0.4) is 0 Å². The molecule has 11 aliphatic carbocycles. The molecule has 3 heteroatoms. The van der Waals surface area contributed by atoms with Gasteiger partial charge in [0.1, 0.15) is 11.5 Å². The minimum Gasteiger partial charge on any atom is -0.465 e. The summed E-state index contributed by atoms with van der Waals surface area (Å²) in [5.74, 6) is 6.34. The van der Waals surface area contributed by atoms with Crippen LogP contribution in [0.15, 0.2) is 147 Å². The molecule has 63 heavy (non-hydrogen) atoms. The van der Waals surface area contributed by atoms with Crippen molar-refractivity contribution in [3.63, 3.8) is 0 Å². The highest BCUT2D eigenvalue weighted by Crippen LogP contribution is 2.63. The lowest BCUT2D eigenvalue weighted by molar-refractivity contribution is 0.0749. The van der Waals surface area contributed by atoms with Crippen molar-refractivity contribution < 1.29 is 4.42 Å². The standard InChI is InChI=1S/C60H70N2O/c1-37-17-7-13-25-51(37)61(53-27-15-21-46-43-19-9-11-23-49(43)59(3,4)57(46)53)41-30-29-39-34-48-45-32-31-42(36-56(45)63-55(48)35-40(39)33-41)62(52-26-14-8-18-38(52)2)54-28-16-22-47-44-20-10-12-24-50(44)60(5,6)58(47)54/h10-11,15-18,20-23,25-26,28-32,34,40-42,44,46-47,50,53,57-58H,7-9,12-14,19,24,27,33,35-36H2,1-6H3. The van der Waals surface area contributed by atoms with E-state index in [-0.39, 0.29) is 16.9 Å². The van der Waals surface area contributed by atoms with Crippen LogP contribution in [0.4, 0.5) is 0 Å². The van der Waals surface area contributed by atoms with Crippen molar-refractivity contribution in [2.45, 2.75) is 137 Å². The largest absolute Gasteiger partial charge is 0.465 e. The number of furan rings is 1. The first-order chi connectivity index (χ1) is 30.6. The second kappa shape index (κ2) is 15.0. The summed E-state index contributed by atoms with van der Waals surface area (Å²) >= 11 is 0. The Hall–Kier alpha value is -4.50. The average molecular weight is 835 g/mol. The summed E-state index contributed by atoms with van der Waals surface area (Å²) in [6.45, 7) is 15.0. The van der Waals surface area contributed by atoms with E-state index in [1.165, 1.54) is 82.1 Å². The van der Waals surface area contributed by atoms with Gasteiger partial charge in [-0.05, 0) is 153 Å². The summed E-state index contributed by atoms with van der Waals surface area (Å²) in [5, 5.41) is 0. The van der Waals surface area contributed by atoms with Gasteiger partial charge in [0.2, 0.25) is 0 Å². The molecule has 0 radical (unpaired) electrons. The molecule has 1 aromatic rings. The Morgan fingerprint density at radius 3 is 2.30 bits per heavy atom. The Morgan fingerprint density at radius 1 is 0.698 bits per heavy atom. The molecule has 3 nitrogen and oxygen atoms in total. The Labute approximate surface area is 378 Å². The van der Waals surface area contributed by atoms with Gasteiger partial charge in [0.05, 0.1) is 6.04 Å². The second-order valence-electron chi connectivity index (χ2n) is 22.4. The average Bonchev–Trinajstić information content (AvgIpc) is 3.86. The number of fused-ring (bicyclic) bond motifs is 9. The smallest absolute Gasteiger partial charge is 0.114 e. The molecule has 1 saturated carbocycles. The molecule has 10 unspecified atom stereocenters. The van der Waals surface area contributed by atoms with Gasteiger partial charge in [-0.3, -0.25) is 0 Å². The second-order valence-corrected chi connectivity index (χ2v) is 22.4. The molecule has 1 fully saturated rings. The molecular weight excluding hydrogens is 765 g/mol. The maximum absolute atomic E-state index is 7.17. The van der Waals surface area contributed by atoms with E-state index in [9.17, 15) is 0 Å². The highest BCUT2D eigenvalue weighted by molar-refractivity contribution is 5.74. The van der Waals surface area contributed by atoms with Crippen LogP contribution >= 0.6 is 0 Å². The van der Waals surface area contributed by atoms with E-state index in [2.05, 4.69) is 161 Å². The fourth-order valence-electron chi connectivity index (χ4n) is 15.7. The van der Waals surface area contributed by atoms with Gasteiger partial charge in [-0.25, -0.2) is 0 Å². The molecule has 1 heterocycles. The van der Waals surface area contributed by atoms with Crippen LogP contribution in [-0.4, -0.2) is 27.9 Å². The van der Waals surface area contributed by atoms with Gasteiger partial charge in [-0.1, -0.05) is 130 Å². The molecular formula is C60H70N2O. The SMILES string of the molecule is CC1=CCCC=C1N(C1=CC=CC2C3C=CCCC3C(C)(C)C12)C1C=Cc2c(oc3c2C=C2C=CC(N(C4=CCCC=C4C)C4CC=CC5C6=C(C=CCC6)C(C)(C)C54)CC2C3)C1. The first-order valence-corrected chi connectivity index (χ1v) is 25.3. The minimum atomic E-state index is 0.145. The van der Waals surface area contributed by atoms with Crippen molar-refractivity contribution in [3.05, 3.63) is 165 Å². The lowest BCUT2D eigenvalue weighted by atomic mass is 9.66. The van der Waals surface area contributed by atoms with E-state index in [0.29, 0.717) is 47.6 Å². The van der Waals surface area contributed by atoms with Gasteiger partial charge in [0.15, 0.2) is 0 Å². The van der Waals surface area contributed by atoms with Crippen molar-refractivity contribution in [1.29, 1.82) is 0 Å². The number of rotatable bonds is 6. The highest BCUT2D eigenvalue weighted by Gasteiger charge is 2.57. The normalized spacial score (nSPS) is 36.0. The number of allylic oxidation sites excluding steroid dienone is 19. The minimum absolute atomic E-state index is 0.145. The monoisotopic (exact) mass is 835 g/mol. The summed E-state index contributed by atoms with van der Waals surface area (Å²) < 4.78 is 7.17. The zero-order valence-electron chi connectivity index (χ0n) is 39.0. The molecule has 11 aliphatic rings. The van der Waals surface area contributed by atoms with Gasteiger partial charge in [-0.15, -0.1) is 0 Å². The van der Waals surface area contributed by atoms with Crippen LogP contribution in [0, 0.1) is 52.3 Å². The lowest BCUT2D eigenvalue weighted by Gasteiger charge is -2.51. The Morgan fingerprint density at radius 2 is 1.48 bits per heavy atom. The van der Waals surface area contributed by atoms with Crippen LogP contribution in [0.25, 0.3) is 12.2 Å².